The van der Waals surface area contributed by atoms with Gasteiger partial charge in [-0.1, -0.05) is 6.92 Å². The van der Waals surface area contributed by atoms with E-state index in [-0.39, 0.29) is 11.9 Å². The molecule has 0 aliphatic carbocycles. The minimum Gasteiger partial charge on any atom is -0.497 e. The minimum absolute atomic E-state index is 0.249. The number of ether oxygens (including phenoxy) is 2. The van der Waals surface area contributed by atoms with Gasteiger partial charge in [0.1, 0.15) is 35.4 Å². The summed E-state index contributed by atoms with van der Waals surface area (Å²) in [5.41, 5.74) is 0.341. The third-order valence-corrected chi connectivity index (χ3v) is 3.79. The number of anilines is 1. The highest BCUT2D eigenvalue weighted by atomic mass is 16.5. The largest absolute Gasteiger partial charge is 0.497 e. The molecule has 26 heavy (non-hydrogen) atoms. The average Bonchev–Trinajstić information content (AvgIpc) is 2.64. The predicted molar refractivity (Wildman–Crippen MR) is 101 cm³/mol. The molecule has 0 saturated heterocycles. The van der Waals surface area contributed by atoms with Gasteiger partial charge >= 0.3 is 0 Å². The molecule has 0 spiro atoms. The molecule has 1 aromatic carbocycles. The fraction of sp³-hybridized carbons (Fsp3) is 0.421. The van der Waals surface area contributed by atoms with Crippen molar-refractivity contribution in [1.82, 2.24) is 15.3 Å². The lowest BCUT2D eigenvalue weighted by Gasteiger charge is -2.13. The Hall–Kier alpha value is -2.83. The average molecular weight is 358 g/mol. The Kier molecular flexibility index (Phi) is 7.20. The SMILES string of the molecule is CCC(C)Nc1cc(C(=O)NCCOc2ccc(OC)cc2)nc(C)n1. The molecule has 2 aromatic rings. The number of hydrogen-bond acceptors (Lipinski definition) is 6. The van der Waals surface area contributed by atoms with Gasteiger partial charge in [-0.25, -0.2) is 9.97 Å². The van der Waals surface area contributed by atoms with Crippen molar-refractivity contribution in [3.8, 4) is 11.5 Å². The molecule has 7 heteroatoms. The second kappa shape index (κ2) is 9.60. The van der Waals surface area contributed by atoms with Gasteiger partial charge in [0, 0.05) is 12.1 Å². The van der Waals surface area contributed by atoms with Gasteiger partial charge in [-0.2, -0.15) is 0 Å². The molecule has 1 amide bonds. The summed E-state index contributed by atoms with van der Waals surface area (Å²) in [5, 5.41) is 6.07. The van der Waals surface area contributed by atoms with Crippen LogP contribution in [0.1, 0.15) is 36.6 Å². The lowest BCUT2D eigenvalue weighted by molar-refractivity contribution is 0.0941. The minimum atomic E-state index is -0.249. The molecule has 2 rings (SSSR count). The molecule has 0 bridgehead atoms. The van der Waals surface area contributed by atoms with Crippen molar-refractivity contribution in [2.75, 3.05) is 25.6 Å². The first-order valence-corrected chi connectivity index (χ1v) is 8.69. The molecule has 140 valence electrons. The molecule has 1 atom stereocenters. The van der Waals surface area contributed by atoms with E-state index in [1.54, 1.807) is 20.1 Å². The van der Waals surface area contributed by atoms with Crippen LogP contribution in [0.15, 0.2) is 30.3 Å². The third kappa shape index (κ3) is 5.91. The number of amides is 1. The molecule has 7 nitrogen and oxygen atoms in total. The van der Waals surface area contributed by atoms with Crippen LogP contribution in [-0.2, 0) is 0 Å². The summed E-state index contributed by atoms with van der Waals surface area (Å²) in [6.07, 6.45) is 0.966. The van der Waals surface area contributed by atoms with E-state index in [9.17, 15) is 4.79 Å². The van der Waals surface area contributed by atoms with Crippen LogP contribution in [0, 0.1) is 6.92 Å². The zero-order valence-corrected chi connectivity index (χ0v) is 15.7. The van der Waals surface area contributed by atoms with E-state index in [1.807, 2.05) is 24.3 Å². The molecule has 2 N–H and O–H groups in total. The molecule has 0 aliphatic heterocycles. The Morgan fingerprint density at radius 2 is 1.88 bits per heavy atom. The Balaban J connectivity index is 1.85. The summed E-state index contributed by atoms with van der Waals surface area (Å²) in [6, 6.07) is 9.23. The number of benzene rings is 1. The fourth-order valence-electron chi connectivity index (χ4n) is 2.21. The van der Waals surface area contributed by atoms with E-state index in [2.05, 4.69) is 34.4 Å². The lowest BCUT2D eigenvalue weighted by Crippen LogP contribution is -2.29. The Bertz CT molecular complexity index is 719. The van der Waals surface area contributed by atoms with Gasteiger partial charge in [0.15, 0.2) is 0 Å². The number of carbonyl (C=O) groups excluding carboxylic acids is 1. The molecule has 1 unspecified atom stereocenters. The van der Waals surface area contributed by atoms with E-state index in [0.29, 0.717) is 30.5 Å². The molecule has 1 heterocycles. The van der Waals surface area contributed by atoms with E-state index in [4.69, 9.17) is 9.47 Å². The number of nitrogens with zero attached hydrogens (tertiary/aromatic N) is 2. The van der Waals surface area contributed by atoms with Crippen molar-refractivity contribution in [1.29, 1.82) is 0 Å². The monoisotopic (exact) mass is 358 g/mol. The van der Waals surface area contributed by atoms with Crippen molar-refractivity contribution in [3.05, 3.63) is 41.9 Å². The summed E-state index contributed by atoms with van der Waals surface area (Å²) in [7, 11) is 1.62. The standard InChI is InChI=1S/C19H26N4O3/c1-5-13(2)21-18-12-17(22-14(3)23-18)19(24)20-10-11-26-16-8-6-15(25-4)7-9-16/h6-9,12-13H,5,10-11H2,1-4H3,(H,20,24)(H,21,22,23). The van der Waals surface area contributed by atoms with Crippen LogP contribution in [0.4, 0.5) is 5.82 Å². The summed E-state index contributed by atoms with van der Waals surface area (Å²) >= 11 is 0. The van der Waals surface area contributed by atoms with Crippen LogP contribution in [0.2, 0.25) is 0 Å². The summed E-state index contributed by atoms with van der Waals surface area (Å²) in [5.74, 6) is 2.45. The van der Waals surface area contributed by atoms with Crippen molar-refractivity contribution < 1.29 is 14.3 Å². The molecule has 0 saturated carbocycles. The van der Waals surface area contributed by atoms with Gasteiger partial charge in [0.25, 0.3) is 5.91 Å². The van der Waals surface area contributed by atoms with Crippen molar-refractivity contribution >= 4 is 11.7 Å². The number of aryl methyl sites for hydroxylation is 1. The molecular formula is C19H26N4O3. The highest BCUT2D eigenvalue weighted by Gasteiger charge is 2.11. The van der Waals surface area contributed by atoms with Crippen molar-refractivity contribution in [2.45, 2.75) is 33.2 Å². The predicted octanol–water partition coefficient (Wildman–Crippen LogP) is 2.81. The number of carbonyl (C=O) groups is 1. The highest BCUT2D eigenvalue weighted by molar-refractivity contribution is 5.92. The maximum atomic E-state index is 12.3. The first-order chi connectivity index (χ1) is 12.5. The van der Waals surface area contributed by atoms with Gasteiger partial charge in [-0.15, -0.1) is 0 Å². The number of rotatable bonds is 9. The number of hydrogen-bond donors (Lipinski definition) is 2. The van der Waals surface area contributed by atoms with E-state index in [0.717, 1.165) is 17.9 Å². The maximum absolute atomic E-state index is 12.3. The van der Waals surface area contributed by atoms with Crippen molar-refractivity contribution in [2.24, 2.45) is 0 Å². The van der Waals surface area contributed by atoms with Gasteiger partial charge in [0.05, 0.1) is 13.7 Å². The summed E-state index contributed by atoms with van der Waals surface area (Å²) in [4.78, 5) is 20.8. The first-order valence-electron chi connectivity index (χ1n) is 8.69. The second-order valence-corrected chi connectivity index (χ2v) is 5.92. The second-order valence-electron chi connectivity index (χ2n) is 5.92. The molecule has 1 aromatic heterocycles. The smallest absolute Gasteiger partial charge is 0.270 e. The van der Waals surface area contributed by atoms with Crippen LogP contribution < -0.4 is 20.1 Å². The normalized spacial score (nSPS) is 11.5. The zero-order valence-electron chi connectivity index (χ0n) is 15.7. The van der Waals surface area contributed by atoms with Crippen LogP contribution in [-0.4, -0.2) is 42.2 Å². The van der Waals surface area contributed by atoms with Gasteiger partial charge in [-0.3, -0.25) is 4.79 Å². The number of aromatic nitrogens is 2. The Labute approximate surface area is 154 Å². The fourth-order valence-corrected chi connectivity index (χ4v) is 2.21. The third-order valence-electron chi connectivity index (χ3n) is 3.79. The highest BCUT2D eigenvalue weighted by Crippen LogP contribution is 2.16. The number of methoxy groups -OCH3 is 1. The Morgan fingerprint density at radius 1 is 1.19 bits per heavy atom. The first kappa shape index (κ1) is 19.5. The van der Waals surface area contributed by atoms with E-state index in [1.165, 1.54) is 0 Å². The van der Waals surface area contributed by atoms with Crippen LogP contribution in [0.3, 0.4) is 0 Å². The topological polar surface area (TPSA) is 85.4 Å². The van der Waals surface area contributed by atoms with Crippen molar-refractivity contribution in [3.63, 3.8) is 0 Å². The van der Waals surface area contributed by atoms with Gasteiger partial charge in [-0.05, 0) is 44.5 Å². The Morgan fingerprint density at radius 3 is 2.54 bits per heavy atom. The number of nitrogens with one attached hydrogen (secondary N) is 2. The molecule has 0 radical (unpaired) electrons. The van der Waals surface area contributed by atoms with Crippen LogP contribution in [0.5, 0.6) is 11.5 Å². The van der Waals surface area contributed by atoms with Crippen LogP contribution in [0.25, 0.3) is 0 Å². The molecule has 0 aliphatic rings. The van der Waals surface area contributed by atoms with Gasteiger partial charge in [0.2, 0.25) is 0 Å². The quantitative estimate of drug-likeness (QED) is 0.671. The molecule has 0 fully saturated rings. The van der Waals surface area contributed by atoms with Gasteiger partial charge < -0.3 is 20.1 Å². The van der Waals surface area contributed by atoms with E-state index >= 15 is 0 Å². The summed E-state index contributed by atoms with van der Waals surface area (Å²) < 4.78 is 10.7. The lowest BCUT2D eigenvalue weighted by atomic mass is 10.2. The zero-order chi connectivity index (χ0) is 18.9. The summed E-state index contributed by atoms with van der Waals surface area (Å²) in [6.45, 7) is 6.66. The maximum Gasteiger partial charge on any atom is 0.270 e. The molecular weight excluding hydrogens is 332 g/mol. The van der Waals surface area contributed by atoms with E-state index < -0.39 is 0 Å². The van der Waals surface area contributed by atoms with Crippen LogP contribution >= 0.6 is 0 Å².